The summed E-state index contributed by atoms with van der Waals surface area (Å²) in [4.78, 5) is 11.8. The highest BCUT2D eigenvalue weighted by molar-refractivity contribution is 5.95. The summed E-state index contributed by atoms with van der Waals surface area (Å²) >= 11 is 0. The third kappa shape index (κ3) is 2.41. The minimum atomic E-state index is -0.288. The maximum Gasteiger partial charge on any atom is 0.184 e. The fourth-order valence-electron chi connectivity index (χ4n) is 2.05. The van der Waals surface area contributed by atoms with Crippen molar-refractivity contribution in [1.82, 2.24) is 15.0 Å². The topological polar surface area (TPSA) is 47.8 Å². The second-order valence-electron chi connectivity index (χ2n) is 4.36. The number of hydrogen-bond acceptors (Lipinski definition) is 3. The fourth-order valence-corrected chi connectivity index (χ4v) is 2.05. The van der Waals surface area contributed by atoms with E-state index in [1.54, 1.807) is 24.6 Å². The van der Waals surface area contributed by atoms with E-state index in [-0.39, 0.29) is 11.6 Å². The molecule has 0 spiro atoms. The monoisotopic (exact) mass is 261 g/mol. The molecule has 0 radical (unpaired) electrons. The second-order valence-corrected chi connectivity index (χ2v) is 4.36. The summed E-state index contributed by atoms with van der Waals surface area (Å²) in [5.74, 6) is -0.313. The summed E-state index contributed by atoms with van der Waals surface area (Å²) in [6.07, 6.45) is 1.04. The van der Waals surface area contributed by atoms with Crippen molar-refractivity contribution in [2.24, 2.45) is 0 Å². The molecule has 2 rings (SSSR count). The smallest absolute Gasteiger partial charge is 0.184 e. The number of rotatable bonds is 4. The van der Waals surface area contributed by atoms with E-state index >= 15 is 0 Å². The predicted octanol–water partition coefficient (Wildman–Crippen LogP) is 2.87. The number of aryl methyl sites for hydroxylation is 1. The maximum absolute atomic E-state index is 13.1. The van der Waals surface area contributed by atoms with Crippen LogP contribution in [0.5, 0.6) is 0 Å². The first-order chi connectivity index (χ1) is 9.08. The molecule has 0 bridgehead atoms. The van der Waals surface area contributed by atoms with Crippen LogP contribution >= 0.6 is 0 Å². The van der Waals surface area contributed by atoms with Crippen molar-refractivity contribution in [3.63, 3.8) is 0 Å². The Kier molecular flexibility index (Phi) is 3.74. The third-order valence-corrected chi connectivity index (χ3v) is 3.07. The van der Waals surface area contributed by atoms with Gasteiger partial charge in [-0.25, -0.2) is 9.07 Å². The minimum absolute atomic E-state index is 0.0251. The molecule has 0 atom stereocenters. The number of carbonyl (C=O) groups excluding carboxylic acids is 1. The molecule has 1 aromatic carbocycles. The molecule has 0 fully saturated rings. The summed E-state index contributed by atoms with van der Waals surface area (Å²) in [7, 11) is 0. The van der Waals surface area contributed by atoms with Gasteiger partial charge in [0.1, 0.15) is 5.82 Å². The quantitative estimate of drug-likeness (QED) is 0.795. The Morgan fingerprint density at radius 2 is 2.11 bits per heavy atom. The SMILES string of the molecule is CCC(=O)c1nnn(-c2ccc(F)cc2C)c1CC. The zero-order chi connectivity index (χ0) is 14.0. The normalized spacial score (nSPS) is 10.7. The number of halogens is 1. The van der Waals surface area contributed by atoms with Gasteiger partial charge in [-0.15, -0.1) is 5.10 Å². The lowest BCUT2D eigenvalue weighted by Crippen LogP contribution is -2.07. The van der Waals surface area contributed by atoms with Crippen molar-refractivity contribution in [2.75, 3.05) is 0 Å². The Morgan fingerprint density at radius 1 is 1.37 bits per heavy atom. The van der Waals surface area contributed by atoms with Crippen LogP contribution in [0.25, 0.3) is 5.69 Å². The molecule has 19 heavy (non-hydrogen) atoms. The first-order valence-corrected chi connectivity index (χ1v) is 6.32. The van der Waals surface area contributed by atoms with Gasteiger partial charge in [0.2, 0.25) is 0 Å². The van der Waals surface area contributed by atoms with Gasteiger partial charge in [0, 0.05) is 6.42 Å². The summed E-state index contributed by atoms with van der Waals surface area (Å²) in [6, 6.07) is 4.47. The summed E-state index contributed by atoms with van der Waals surface area (Å²) < 4.78 is 14.8. The number of ketones is 1. The zero-order valence-electron chi connectivity index (χ0n) is 11.3. The number of Topliss-reactive ketones (excluding diaryl/α,β-unsaturated/α-hetero) is 1. The Bertz CT molecular complexity index is 619. The molecular formula is C14H16FN3O. The van der Waals surface area contributed by atoms with Gasteiger partial charge < -0.3 is 0 Å². The fraction of sp³-hybridized carbons (Fsp3) is 0.357. The number of benzene rings is 1. The van der Waals surface area contributed by atoms with Crippen LogP contribution in [0.1, 0.15) is 42.0 Å². The third-order valence-electron chi connectivity index (χ3n) is 3.07. The predicted molar refractivity (Wildman–Crippen MR) is 70.1 cm³/mol. The van der Waals surface area contributed by atoms with E-state index in [1.807, 2.05) is 6.92 Å². The number of carbonyl (C=O) groups is 1. The molecule has 1 heterocycles. The van der Waals surface area contributed by atoms with Crippen LogP contribution in [0.15, 0.2) is 18.2 Å². The minimum Gasteiger partial charge on any atom is -0.292 e. The van der Waals surface area contributed by atoms with Gasteiger partial charge in [-0.3, -0.25) is 4.79 Å². The molecule has 0 amide bonds. The van der Waals surface area contributed by atoms with Crippen LogP contribution in [0, 0.1) is 12.7 Å². The average molecular weight is 261 g/mol. The molecule has 100 valence electrons. The van der Waals surface area contributed by atoms with E-state index in [9.17, 15) is 9.18 Å². The largest absolute Gasteiger partial charge is 0.292 e. The lowest BCUT2D eigenvalue weighted by molar-refractivity contribution is 0.0982. The second kappa shape index (κ2) is 5.30. The molecule has 0 aliphatic rings. The van der Waals surface area contributed by atoms with Crippen molar-refractivity contribution in [3.05, 3.63) is 41.0 Å². The van der Waals surface area contributed by atoms with Crippen LogP contribution in [-0.2, 0) is 6.42 Å². The Balaban J connectivity index is 2.57. The van der Waals surface area contributed by atoms with Gasteiger partial charge in [-0.05, 0) is 37.1 Å². The molecule has 0 aliphatic heterocycles. The summed E-state index contributed by atoms with van der Waals surface area (Å²) in [5, 5.41) is 8.01. The molecule has 5 heteroatoms. The standard InChI is InChI=1S/C14H16FN3O/c1-4-11-14(13(19)5-2)16-17-18(11)12-7-6-10(15)8-9(12)3/h6-8H,4-5H2,1-3H3. The van der Waals surface area contributed by atoms with Crippen molar-refractivity contribution in [1.29, 1.82) is 0 Å². The van der Waals surface area contributed by atoms with Crippen molar-refractivity contribution >= 4 is 5.78 Å². The van der Waals surface area contributed by atoms with Gasteiger partial charge in [-0.1, -0.05) is 19.1 Å². The van der Waals surface area contributed by atoms with E-state index in [2.05, 4.69) is 10.3 Å². The van der Waals surface area contributed by atoms with Gasteiger partial charge in [0.05, 0.1) is 11.4 Å². The number of aromatic nitrogens is 3. The highest BCUT2D eigenvalue weighted by atomic mass is 19.1. The van der Waals surface area contributed by atoms with Crippen LogP contribution < -0.4 is 0 Å². The molecule has 4 nitrogen and oxygen atoms in total. The molecule has 0 aliphatic carbocycles. The van der Waals surface area contributed by atoms with Crippen LogP contribution in [0.3, 0.4) is 0 Å². The van der Waals surface area contributed by atoms with E-state index in [0.29, 0.717) is 18.5 Å². The van der Waals surface area contributed by atoms with E-state index < -0.39 is 0 Å². The van der Waals surface area contributed by atoms with E-state index in [4.69, 9.17) is 0 Å². The van der Waals surface area contributed by atoms with Crippen LogP contribution in [0.2, 0.25) is 0 Å². The Labute approximate surface area is 111 Å². The molecule has 0 N–H and O–H groups in total. The van der Waals surface area contributed by atoms with Crippen molar-refractivity contribution in [3.8, 4) is 5.69 Å². The Morgan fingerprint density at radius 3 is 2.68 bits per heavy atom. The number of hydrogen-bond donors (Lipinski definition) is 0. The first kappa shape index (κ1) is 13.4. The van der Waals surface area contributed by atoms with Gasteiger partial charge >= 0.3 is 0 Å². The highest BCUT2D eigenvalue weighted by Crippen LogP contribution is 2.19. The summed E-state index contributed by atoms with van der Waals surface area (Å²) in [6.45, 7) is 5.55. The first-order valence-electron chi connectivity index (χ1n) is 6.32. The molecule has 2 aromatic rings. The average Bonchev–Trinajstić information content (AvgIpc) is 2.81. The molecule has 1 aromatic heterocycles. The maximum atomic E-state index is 13.1. The molecule has 0 unspecified atom stereocenters. The molecule has 0 saturated carbocycles. The van der Waals surface area contributed by atoms with Crippen molar-refractivity contribution < 1.29 is 9.18 Å². The van der Waals surface area contributed by atoms with Gasteiger partial charge in [-0.2, -0.15) is 0 Å². The summed E-state index contributed by atoms with van der Waals surface area (Å²) in [5.41, 5.74) is 2.69. The Hall–Kier alpha value is -2.04. The van der Waals surface area contributed by atoms with Crippen LogP contribution in [0.4, 0.5) is 4.39 Å². The highest BCUT2D eigenvalue weighted by Gasteiger charge is 2.18. The number of nitrogens with zero attached hydrogens (tertiary/aromatic N) is 3. The van der Waals surface area contributed by atoms with E-state index in [0.717, 1.165) is 16.9 Å². The lowest BCUT2D eigenvalue weighted by atomic mass is 10.1. The molecule has 0 saturated heterocycles. The van der Waals surface area contributed by atoms with Gasteiger partial charge in [0.25, 0.3) is 0 Å². The van der Waals surface area contributed by atoms with E-state index in [1.165, 1.54) is 12.1 Å². The lowest BCUT2D eigenvalue weighted by Gasteiger charge is -2.08. The zero-order valence-corrected chi connectivity index (χ0v) is 11.3. The molecular weight excluding hydrogens is 245 g/mol. The van der Waals surface area contributed by atoms with Crippen LogP contribution in [-0.4, -0.2) is 20.8 Å². The van der Waals surface area contributed by atoms with Gasteiger partial charge in [0.15, 0.2) is 11.5 Å². The van der Waals surface area contributed by atoms with Crippen molar-refractivity contribution in [2.45, 2.75) is 33.6 Å².